The van der Waals surface area contributed by atoms with Gasteiger partial charge in [-0.1, -0.05) is 42.5 Å². The summed E-state index contributed by atoms with van der Waals surface area (Å²) in [6, 6.07) is 10.5. The number of piperazine rings is 1. The molecular weight excluding hydrogens is 451 g/mol. The number of aliphatic imine (C=N–C) groups is 1. The van der Waals surface area contributed by atoms with E-state index in [1.165, 1.54) is 5.56 Å². The van der Waals surface area contributed by atoms with Crippen molar-refractivity contribution in [2.75, 3.05) is 46.3 Å². The van der Waals surface area contributed by atoms with Crippen molar-refractivity contribution in [1.29, 1.82) is 0 Å². The van der Waals surface area contributed by atoms with Crippen LogP contribution in [-0.2, 0) is 6.54 Å². The largest absolute Gasteiger partial charge is 0.354 e. The Morgan fingerprint density at radius 2 is 1.96 bits per heavy atom. The summed E-state index contributed by atoms with van der Waals surface area (Å²) >= 11 is 0. The minimum Gasteiger partial charge on any atom is -0.354 e. The highest BCUT2D eigenvalue weighted by molar-refractivity contribution is 14.0. The molecule has 0 bridgehead atoms. The third-order valence-electron chi connectivity index (χ3n) is 4.57. The highest BCUT2D eigenvalue weighted by atomic mass is 127. The second-order valence-electron chi connectivity index (χ2n) is 6.38. The average Bonchev–Trinajstić information content (AvgIpc) is 3.20. The number of aromatic nitrogens is 2. The number of benzene rings is 1. The van der Waals surface area contributed by atoms with Crippen LogP contribution < -0.4 is 5.32 Å². The topological polar surface area (TPSA) is 48.7 Å². The summed E-state index contributed by atoms with van der Waals surface area (Å²) in [5.41, 5.74) is 1.26. The van der Waals surface area contributed by atoms with Crippen LogP contribution in [0.3, 0.4) is 0 Å². The van der Waals surface area contributed by atoms with Crippen molar-refractivity contribution in [1.82, 2.24) is 24.7 Å². The van der Waals surface area contributed by atoms with Crippen molar-refractivity contribution in [3.8, 4) is 0 Å². The second kappa shape index (κ2) is 11.8. The Balaban J connectivity index is 0.00000261. The van der Waals surface area contributed by atoms with E-state index in [9.17, 15) is 0 Å². The average molecular weight is 480 g/mol. The fraction of sp³-hybridized carbons (Fsp3) is 0.400. The van der Waals surface area contributed by atoms with Gasteiger partial charge in [0.15, 0.2) is 5.96 Å². The van der Waals surface area contributed by atoms with E-state index in [-0.39, 0.29) is 24.0 Å². The van der Waals surface area contributed by atoms with Gasteiger partial charge in [0.1, 0.15) is 0 Å². The second-order valence-corrected chi connectivity index (χ2v) is 6.38. The van der Waals surface area contributed by atoms with Gasteiger partial charge in [-0.05, 0) is 5.56 Å². The first-order valence-electron chi connectivity index (χ1n) is 9.20. The lowest BCUT2D eigenvalue weighted by atomic mass is 10.2. The minimum atomic E-state index is 0. The highest BCUT2D eigenvalue weighted by Gasteiger charge is 2.18. The Labute approximate surface area is 179 Å². The molecular formula is C20H29IN6. The molecule has 146 valence electrons. The van der Waals surface area contributed by atoms with Gasteiger partial charge in [-0.2, -0.15) is 0 Å². The van der Waals surface area contributed by atoms with Gasteiger partial charge < -0.3 is 14.8 Å². The van der Waals surface area contributed by atoms with Gasteiger partial charge in [-0.25, -0.2) is 4.98 Å². The van der Waals surface area contributed by atoms with Crippen molar-refractivity contribution in [2.24, 2.45) is 4.99 Å². The molecule has 0 unspecified atom stereocenters. The van der Waals surface area contributed by atoms with Crippen LogP contribution in [-0.4, -0.2) is 71.6 Å². The Morgan fingerprint density at radius 3 is 2.63 bits per heavy atom. The van der Waals surface area contributed by atoms with Crippen LogP contribution >= 0.6 is 24.0 Å². The zero-order valence-corrected chi connectivity index (χ0v) is 18.2. The zero-order chi connectivity index (χ0) is 18.0. The van der Waals surface area contributed by atoms with Crippen LogP contribution in [0.1, 0.15) is 5.56 Å². The molecule has 1 aliphatic heterocycles. The molecule has 1 saturated heterocycles. The molecule has 7 heteroatoms. The maximum atomic E-state index is 4.43. The number of halogens is 1. The number of hydrogen-bond donors (Lipinski definition) is 1. The highest BCUT2D eigenvalue weighted by Crippen LogP contribution is 2.05. The molecule has 1 N–H and O–H groups in total. The smallest absolute Gasteiger partial charge is 0.193 e. The molecule has 6 nitrogen and oxygen atoms in total. The predicted molar refractivity (Wildman–Crippen MR) is 122 cm³/mol. The summed E-state index contributed by atoms with van der Waals surface area (Å²) in [6.45, 7) is 6.86. The molecule has 2 heterocycles. The van der Waals surface area contributed by atoms with Crippen LogP contribution in [0, 0.1) is 0 Å². The molecule has 0 spiro atoms. The standard InChI is InChI=1S/C20H28N6.HI/c1-21-20(23-10-13-25-12-9-22-18-25)26-16-14-24(15-17-26)11-5-8-19-6-3-2-4-7-19;/h2-9,12,18H,10-11,13-17H2,1H3,(H,21,23);1H. The van der Waals surface area contributed by atoms with Gasteiger partial charge in [0.05, 0.1) is 6.33 Å². The number of nitrogens with one attached hydrogen (secondary N) is 1. The summed E-state index contributed by atoms with van der Waals surface area (Å²) in [5.74, 6) is 0.990. The normalized spacial score (nSPS) is 15.7. The van der Waals surface area contributed by atoms with Gasteiger partial charge in [0.25, 0.3) is 0 Å². The van der Waals surface area contributed by atoms with Crippen molar-refractivity contribution in [2.45, 2.75) is 6.54 Å². The van der Waals surface area contributed by atoms with Crippen LogP contribution in [0.5, 0.6) is 0 Å². The molecule has 2 aromatic rings. The lowest BCUT2D eigenvalue weighted by Gasteiger charge is -2.36. The Hall–Kier alpha value is -1.87. The molecule has 27 heavy (non-hydrogen) atoms. The van der Waals surface area contributed by atoms with E-state index >= 15 is 0 Å². The SMILES string of the molecule is CN=C(NCCn1ccnc1)N1CCN(CC=Cc2ccccc2)CC1.I. The Kier molecular flexibility index (Phi) is 9.34. The van der Waals surface area contributed by atoms with Crippen molar-refractivity contribution >= 4 is 36.0 Å². The van der Waals surface area contributed by atoms with Crippen LogP contribution in [0.4, 0.5) is 0 Å². The molecule has 0 atom stereocenters. The van der Waals surface area contributed by atoms with E-state index in [1.54, 1.807) is 6.20 Å². The summed E-state index contributed by atoms with van der Waals surface area (Å²) in [6.07, 6.45) is 10.1. The van der Waals surface area contributed by atoms with E-state index in [0.29, 0.717) is 0 Å². The first kappa shape index (κ1) is 21.4. The van der Waals surface area contributed by atoms with Crippen molar-refractivity contribution in [3.05, 3.63) is 60.7 Å². The maximum absolute atomic E-state index is 4.43. The van der Waals surface area contributed by atoms with E-state index in [0.717, 1.165) is 51.8 Å². The predicted octanol–water partition coefficient (Wildman–Crippen LogP) is 2.41. The number of imidazole rings is 1. The zero-order valence-electron chi connectivity index (χ0n) is 15.9. The summed E-state index contributed by atoms with van der Waals surface area (Å²) in [5, 5.41) is 3.45. The third-order valence-corrected chi connectivity index (χ3v) is 4.57. The first-order valence-corrected chi connectivity index (χ1v) is 9.20. The van der Waals surface area contributed by atoms with E-state index in [2.05, 4.69) is 66.1 Å². The number of guanidine groups is 1. The minimum absolute atomic E-state index is 0. The van der Waals surface area contributed by atoms with Gasteiger partial charge in [0, 0.05) is 65.3 Å². The van der Waals surface area contributed by atoms with Crippen molar-refractivity contribution < 1.29 is 0 Å². The molecule has 0 saturated carbocycles. The first-order chi connectivity index (χ1) is 12.8. The van der Waals surface area contributed by atoms with Crippen molar-refractivity contribution in [3.63, 3.8) is 0 Å². The van der Waals surface area contributed by atoms with E-state index in [1.807, 2.05) is 25.6 Å². The van der Waals surface area contributed by atoms with Gasteiger partial charge in [-0.15, -0.1) is 24.0 Å². The van der Waals surface area contributed by atoms with Crippen LogP contribution in [0.2, 0.25) is 0 Å². The fourth-order valence-corrected chi connectivity index (χ4v) is 3.09. The van der Waals surface area contributed by atoms with Crippen LogP contribution in [0.15, 0.2) is 60.1 Å². The fourth-order valence-electron chi connectivity index (χ4n) is 3.09. The lowest BCUT2D eigenvalue weighted by Crippen LogP contribution is -2.52. The number of rotatable bonds is 6. The monoisotopic (exact) mass is 480 g/mol. The summed E-state index contributed by atoms with van der Waals surface area (Å²) < 4.78 is 2.07. The summed E-state index contributed by atoms with van der Waals surface area (Å²) in [4.78, 5) is 13.3. The van der Waals surface area contributed by atoms with Gasteiger partial charge in [-0.3, -0.25) is 9.89 Å². The number of nitrogens with zero attached hydrogens (tertiary/aromatic N) is 5. The summed E-state index contributed by atoms with van der Waals surface area (Å²) in [7, 11) is 1.86. The molecule has 3 rings (SSSR count). The molecule has 1 fully saturated rings. The molecule has 1 aromatic heterocycles. The molecule has 1 aliphatic rings. The van der Waals surface area contributed by atoms with Gasteiger partial charge >= 0.3 is 0 Å². The number of hydrogen-bond acceptors (Lipinski definition) is 3. The third kappa shape index (κ3) is 6.99. The molecule has 1 aromatic carbocycles. The Morgan fingerprint density at radius 1 is 1.19 bits per heavy atom. The van der Waals surface area contributed by atoms with E-state index in [4.69, 9.17) is 0 Å². The Bertz CT molecular complexity index is 691. The van der Waals surface area contributed by atoms with Crippen LogP contribution in [0.25, 0.3) is 6.08 Å². The van der Waals surface area contributed by atoms with E-state index < -0.39 is 0 Å². The lowest BCUT2D eigenvalue weighted by molar-refractivity contribution is 0.194. The molecule has 0 aliphatic carbocycles. The molecule has 0 radical (unpaired) electrons. The van der Waals surface area contributed by atoms with Gasteiger partial charge in [0.2, 0.25) is 0 Å². The molecule has 0 amide bonds. The quantitative estimate of drug-likeness (QED) is 0.392. The maximum Gasteiger partial charge on any atom is 0.193 e.